The van der Waals surface area contributed by atoms with Gasteiger partial charge in [-0.3, -0.25) is 9.78 Å². The summed E-state index contributed by atoms with van der Waals surface area (Å²) in [5.74, 6) is 0.185. The molecule has 0 saturated heterocycles. The Morgan fingerprint density at radius 1 is 1.04 bits per heavy atom. The van der Waals surface area contributed by atoms with Gasteiger partial charge in [0.05, 0.1) is 0 Å². The summed E-state index contributed by atoms with van der Waals surface area (Å²) in [6.45, 7) is 10.6. The number of hydrogen-bond acceptors (Lipinski definition) is 2. The van der Waals surface area contributed by atoms with E-state index < -0.39 is 0 Å². The minimum atomic E-state index is -0.172. The van der Waals surface area contributed by atoms with Crippen LogP contribution in [0.15, 0.2) is 54.7 Å². The zero-order chi connectivity index (χ0) is 20.3. The molecule has 0 fully saturated rings. The molecule has 2 aromatic carbocycles. The molecule has 3 rings (SSSR count). The van der Waals surface area contributed by atoms with E-state index in [1.165, 1.54) is 22.3 Å². The number of hydrogen-bond donors (Lipinski definition) is 1. The molecular formula is C25H28N2O. The molecule has 3 nitrogen and oxygen atoms in total. The first-order valence-electron chi connectivity index (χ1n) is 9.88. The first kappa shape index (κ1) is 19.8. The summed E-state index contributed by atoms with van der Waals surface area (Å²) in [6, 6.07) is 16.3. The van der Waals surface area contributed by atoms with Crippen LogP contribution in [0.2, 0.25) is 0 Å². The highest BCUT2D eigenvalue weighted by molar-refractivity contribution is 6.04. The molecule has 144 valence electrons. The van der Waals surface area contributed by atoms with E-state index in [0.29, 0.717) is 11.6 Å². The topological polar surface area (TPSA) is 42.0 Å². The number of benzene rings is 2. The van der Waals surface area contributed by atoms with Crippen LogP contribution < -0.4 is 5.32 Å². The Bertz CT molecular complexity index is 1010. The van der Waals surface area contributed by atoms with Crippen LogP contribution in [0, 0.1) is 13.8 Å². The Labute approximate surface area is 167 Å². The first-order valence-corrected chi connectivity index (χ1v) is 9.88. The standard InChI is InChI=1S/C25H28N2O/c1-6-19-15-26-24(14-22(19)16(2)3)25(28)27-23-13-9-12-21(18(23)5)20-11-8-7-10-17(20)4/h7-16H,6H2,1-5H3,(H,27,28). The third kappa shape index (κ3) is 3.99. The van der Waals surface area contributed by atoms with E-state index in [-0.39, 0.29) is 5.91 Å². The molecular weight excluding hydrogens is 344 g/mol. The van der Waals surface area contributed by atoms with Crippen molar-refractivity contribution >= 4 is 11.6 Å². The zero-order valence-electron chi connectivity index (χ0n) is 17.3. The van der Waals surface area contributed by atoms with Crippen LogP contribution in [-0.4, -0.2) is 10.9 Å². The van der Waals surface area contributed by atoms with E-state index in [9.17, 15) is 4.79 Å². The van der Waals surface area contributed by atoms with Crippen LogP contribution in [0.25, 0.3) is 11.1 Å². The van der Waals surface area contributed by atoms with Gasteiger partial charge in [0.2, 0.25) is 0 Å². The van der Waals surface area contributed by atoms with Gasteiger partial charge in [-0.15, -0.1) is 0 Å². The maximum absolute atomic E-state index is 12.9. The van der Waals surface area contributed by atoms with Crippen LogP contribution in [-0.2, 0) is 6.42 Å². The van der Waals surface area contributed by atoms with Crippen molar-refractivity contribution in [2.45, 2.75) is 47.0 Å². The smallest absolute Gasteiger partial charge is 0.274 e. The molecule has 1 heterocycles. The Morgan fingerprint density at radius 3 is 2.43 bits per heavy atom. The van der Waals surface area contributed by atoms with Gasteiger partial charge in [-0.1, -0.05) is 57.2 Å². The summed E-state index contributed by atoms with van der Waals surface area (Å²) < 4.78 is 0. The monoisotopic (exact) mass is 372 g/mol. The Balaban J connectivity index is 1.93. The van der Waals surface area contributed by atoms with Gasteiger partial charge in [0, 0.05) is 11.9 Å². The lowest BCUT2D eigenvalue weighted by Gasteiger charge is -2.15. The van der Waals surface area contributed by atoms with Crippen LogP contribution in [0.3, 0.4) is 0 Å². The van der Waals surface area contributed by atoms with E-state index >= 15 is 0 Å². The molecule has 0 aliphatic heterocycles. The molecule has 28 heavy (non-hydrogen) atoms. The summed E-state index contributed by atoms with van der Waals surface area (Å²) >= 11 is 0. The maximum atomic E-state index is 12.9. The number of nitrogens with one attached hydrogen (secondary N) is 1. The van der Waals surface area contributed by atoms with E-state index in [4.69, 9.17) is 0 Å². The van der Waals surface area contributed by atoms with Gasteiger partial charge >= 0.3 is 0 Å². The molecule has 0 unspecified atom stereocenters. The third-order valence-corrected chi connectivity index (χ3v) is 5.28. The van der Waals surface area contributed by atoms with Crippen molar-refractivity contribution in [3.05, 3.63) is 82.7 Å². The molecule has 0 aliphatic rings. The summed E-state index contributed by atoms with van der Waals surface area (Å²) in [5.41, 5.74) is 8.25. The van der Waals surface area contributed by atoms with E-state index in [0.717, 1.165) is 23.2 Å². The summed E-state index contributed by atoms with van der Waals surface area (Å²) in [5, 5.41) is 3.06. The minimum absolute atomic E-state index is 0.172. The van der Waals surface area contributed by atoms with Crippen LogP contribution >= 0.6 is 0 Å². The molecule has 0 aliphatic carbocycles. The number of carbonyl (C=O) groups is 1. The number of aromatic nitrogens is 1. The molecule has 1 aromatic heterocycles. The fraction of sp³-hybridized carbons (Fsp3) is 0.280. The number of aryl methyl sites for hydroxylation is 2. The van der Waals surface area contributed by atoms with Gasteiger partial charge in [0.15, 0.2) is 0 Å². The van der Waals surface area contributed by atoms with Crippen molar-refractivity contribution in [3.8, 4) is 11.1 Å². The second kappa shape index (κ2) is 8.39. The normalized spacial score (nSPS) is 10.9. The van der Waals surface area contributed by atoms with Gasteiger partial charge in [0.25, 0.3) is 5.91 Å². The average Bonchev–Trinajstić information content (AvgIpc) is 2.69. The number of amides is 1. The Morgan fingerprint density at radius 2 is 1.75 bits per heavy atom. The van der Waals surface area contributed by atoms with Crippen molar-refractivity contribution in [3.63, 3.8) is 0 Å². The number of nitrogens with zero attached hydrogens (tertiary/aromatic N) is 1. The highest BCUT2D eigenvalue weighted by atomic mass is 16.1. The minimum Gasteiger partial charge on any atom is -0.320 e. The Hall–Kier alpha value is -2.94. The van der Waals surface area contributed by atoms with Gasteiger partial charge < -0.3 is 5.32 Å². The van der Waals surface area contributed by atoms with Gasteiger partial charge in [-0.05, 0) is 71.7 Å². The SMILES string of the molecule is CCc1cnc(C(=O)Nc2cccc(-c3ccccc3C)c2C)cc1C(C)C. The van der Waals surface area contributed by atoms with Gasteiger partial charge in [-0.2, -0.15) is 0 Å². The van der Waals surface area contributed by atoms with E-state index in [1.807, 2.05) is 43.5 Å². The first-order chi connectivity index (χ1) is 13.4. The zero-order valence-corrected chi connectivity index (χ0v) is 17.3. The van der Waals surface area contributed by atoms with Crippen molar-refractivity contribution < 1.29 is 4.79 Å². The maximum Gasteiger partial charge on any atom is 0.274 e. The van der Waals surface area contributed by atoms with Crippen LogP contribution in [0.5, 0.6) is 0 Å². The summed E-state index contributed by atoms with van der Waals surface area (Å²) in [6.07, 6.45) is 2.75. The lowest BCUT2D eigenvalue weighted by atomic mass is 9.95. The fourth-order valence-electron chi connectivity index (χ4n) is 3.58. The highest BCUT2D eigenvalue weighted by Crippen LogP contribution is 2.31. The van der Waals surface area contributed by atoms with E-state index in [1.54, 1.807) is 0 Å². The van der Waals surface area contributed by atoms with Crippen molar-refractivity contribution in [2.24, 2.45) is 0 Å². The molecule has 0 radical (unpaired) electrons. The average molecular weight is 373 g/mol. The Kier molecular flexibility index (Phi) is 5.93. The molecule has 1 amide bonds. The summed E-state index contributed by atoms with van der Waals surface area (Å²) in [7, 11) is 0. The van der Waals surface area contributed by atoms with Gasteiger partial charge in [0.1, 0.15) is 5.69 Å². The van der Waals surface area contributed by atoms with Crippen molar-refractivity contribution in [2.75, 3.05) is 5.32 Å². The fourth-order valence-corrected chi connectivity index (χ4v) is 3.58. The molecule has 1 N–H and O–H groups in total. The lowest BCUT2D eigenvalue weighted by Crippen LogP contribution is -2.16. The predicted octanol–water partition coefficient (Wildman–Crippen LogP) is 6.30. The molecule has 0 bridgehead atoms. The molecule has 3 aromatic rings. The lowest BCUT2D eigenvalue weighted by molar-refractivity contribution is 0.102. The van der Waals surface area contributed by atoms with E-state index in [2.05, 4.69) is 56.2 Å². The second-order valence-electron chi connectivity index (χ2n) is 7.52. The molecule has 0 atom stereocenters. The quantitative estimate of drug-likeness (QED) is 0.571. The second-order valence-corrected chi connectivity index (χ2v) is 7.52. The van der Waals surface area contributed by atoms with Crippen molar-refractivity contribution in [1.29, 1.82) is 0 Å². The van der Waals surface area contributed by atoms with Crippen molar-refractivity contribution in [1.82, 2.24) is 4.98 Å². The molecule has 3 heteroatoms. The highest BCUT2D eigenvalue weighted by Gasteiger charge is 2.15. The third-order valence-electron chi connectivity index (χ3n) is 5.28. The molecule has 0 saturated carbocycles. The number of rotatable bonds is 5. The number of pyridine rings is 1. The van der Waals surface area contributed by atoms with Crippen LogP contribution in [0.4, 0.5) is 5.69 Å². The number of anilines is 1. The molecule has 0 spiro atoms. The van der Waals surface area contributed by atoms with Crippen LogP contribution in [0.1, 0.15) is 59.4 Å². The largest absolute Gasteiger partial charge is 0.320 e. The predicted molar refractivity (Wildman–Crippen MR) is 117 cm³/mol. The summed E-state index contributed by atoms with van der Waals surface area (Å²) in [4.78, 5) is 17.3. The van der Waals surface area contributed by atoms with Gasteiger partial charge in [-0.25, -0.2) is 0 Å². The number of carbonyl (C=O) groups excluding carboxylic acids is 1.